The van der Waals surface area contributed by atoms with Crippen molar-refractivity contribution in [2.45, 2.75) is 6.17 Å². The molecule has 0 heterocycles. The van der Waals surface area contributed by atoms with Gasteiger partial charge in [-0.25, -0.2) is 0 Å². The fourth-order valence-corrected chi connectivity index (χ4v) is 1.29. The van der Waals surface area contributed by atoms with Gasteiger partial charge in [-0.3, -0.25) is 4.34 Å². The van der Waals surface area contributed by atoms with Crippen molar-refractivity contribution in [2.75, 3.05) is 14.1 Å². The van der Waals surface area contributed by atoms with Crippen LogP contribution in [0.2, 0.25) is 0 Å². The Morgan fingerprint density at radius 2 is 1.88 bits per heavy atom. The molecule has 4 heteroatoms. The Morgan fingerprint density at radius 1 is 1.35 bits per heavy atom. The lowest BCUT2D eigenvalue weighted by molar-refractivity contribution is 0.714. The molecule has 0 aliphatic carbocycles. The van der Waals surface area contributed by atoms with Gasteiger partial charge in [0.15, 0.2) is 0 Å². The summed E-state index contributed by atoms with van der Waals surface area (Å²) in [6.07, 6.45) is 3.52. The number of benzene rings is 1. The summed E-state index contributed by atoms with van der Waals surface area (Å²) in [6, 6.07) is 10.0. The van der Waals surface area contributed by atoms with Crippen LogP contribution in [0.5, 0.6) is 0 Å². The summed E-state index contributed by atoms with van der Waals surface area (Å²) in [5, 5.41) is 3.01. The number of allylic oxidation sites excluding steroid dienone is 2. The predicted molar refractivity (Wildman–Crippen MR) is 79.6 cm³/mol. The topological polar surface area (TPSA) is 50.1 Å². The van der Waals surface area contributed by atoms with Gasteiger partial charge in [-0.2, -0.15) is 0 Å². The molecule has 0 saturated carbocycles. The van der Waals surface area contributed by atoms with E-state index in [0.29, 0.717) is 0 Å². The molecule has 3 nitrogen and oxygen atoms in total. The van der Waals surface area contributed by atoms with Gasteiger partial charge in [-0.1, -0.05) is 49.1 Å². The smallest absolute Gasteiger partial charge is 0.0813 e. The average Bonchev–Trinajstić information content (AvgIpc) is 2.37. The molecular weight excluding hydrogens is 278 g/mol. The molecule has 0 amide bonds. The van der Waals surface area contributed by atoms with Gasteiger partial charge in [0.25, 0.3) is 0 Å². The minimum Gasteiger partial charge on any atom is -0.312 e. The van der Waals surface area contributed by atoms with Crippen LogP contribution in [0.15, 0.2) is 49.1 Å². The van der Waals surface area contributed by atoms with Crippen LogP contribution >= 0.6 is 16.1 Å². The molecule has 0 aromatic heterocycles. The van der Waals surface area contributed by atoms with Crippen molar-refractivity contribution in [3.63, 3.8) is 0 Å². The Labute approximate surface area is 112 Å². The largest absolute Gasteiger partial charge is 0.312 e. The predicted octanol–water partition coefficient (Wildman–Crippen LogP) is 2.28. The van der Waals surface area contributed by atoms with E-state index in [4.69, 9.17) is 5.73 Å². The van der Waals surface area contributed by atoms with Crippen LogP contribution in [-0.4, -0.2) is 20.3 Å². The van der Waals surface area contributed by atoms with E-state index < -0.39 is 0 Å². The summed E-state index contributed by atoms with van der Waals surface area (Å²) in [4.78, 5) is 0. The zero-order valence-corrected chi connectivity index (χ0v) is 11.9. The summed E-state index contributed by atoms with van der Waals surface area (Å²) >= 11 is 2.90. The van der Waals surface area contributed by atoms with Crippen LogP contribution in [0.1, 0.15) is 5.56 Å². The number of rotatable bonds is 4. The van der Waals surface area contributed by atoms with Crippen molar-refractivity contribution in [3.8, 4) is 0 Å². The number of nitrogens with two attached hydrogens (primary N) is 1. The first-order valence-electron chi connectivity index (χ1n) is 5.29. The van der Waals surface area contributed by atoms with E-state index in [9.17, 15) is 0 Å². The van der Waals surface area contributed by atoms with Gasteiger partial charge in [0.1, 0.15) is 0 Å². The molecule has 94 valence electrons. The van der Waals surface area contributed by atoms with Gasteiger partial charge < -0.3 is 11.1 Å². The molecule has 0 aliphatic heterocycles. The first-order chi connectivity index (χ1) is 8.21. The molecular formula is C13H20BrN3. The number of hydrogen-bond donors (Lipinski definition) is 3. The summed E-state index contributed by atoms with van der Waals surface area (Å²) in [5.74, 6) is 0. The molecule has 0 spiro atoms. The molecule has 1 rings (SSSR count). The zero-order valence-electron chi connectivity index (χ0n) is 10.3. The SMILES string of the molecule is C=C/C=C(/c1ccccc1)C(N)NC.CNBr. The van der Waals surface area contributed by atoms with Crippen molar-refractivity contribution in [1.29, 1.82) is 0 Å². The highest BCUT2D eigenvalue weighted by Gasteiger charge is 2.07. The maximum Gasteiger partial charge on any atom is 0.0813 e. The zero-order chi connectivity index (χ0) is 13.1. The van der Waals surface area contributed by atoms with E-state index in [1.807, 2.05) is 43.5 Å². The van der Waals surface area contributed by atoms with Crippen LogP contribution in [0.4, 0.5) is 0 Å². The van der Waals surface area contributed by atoms with Gasteiger partial charge in [0.2, 0.25) is 0 Å². The lowest BCUT2D eigenvalue weighted by Gasteiger charge is -2.14. The van der Waals surface area contributed by atoms with E-state index in [1.165, 1.54) is 0 Å². The van der Waals surface area contributed by atoms with Crippen LogP contribution in [0.3, 0.4) is 0 Å². The second-order valence-electron chi connectivity index (χ2n) is 3.18. The Morgan fingerprint density at radius 3 is 2.29 bits per heavy atom. The van der Waals surface area contributed by atoms with Crippen molar-refractivity contribution in [2.24, 2.45) is 5.73 Å². The number of hydrogen-bond acceptors (Lipinski definition) is 3. The van der Waals surface area contributed by atoms with Crippen LogP contribution < -0.4 is 15.4 Å². The van der Waals surface area contributed by atoms with Crippen molar-refractivity contribution < 1.29 is 0 Å². The lowest BCUT2D eigenvalue weighted by Crippen LogP contribution is -2.35. The molecule has 0 aliphatic rings. The highest BCUT2D eigenvalue weighted by molar-refractivity contribution is 9.08. The van der Waals surface area contributed by atoms with E-state index in [0.717, 1.165) is 11.1 Å². The normalized spacial score (nSPS) is 12.4. The van der Waals surface area contributed by atoms with Gasteiger partial charge >= 0.3 is 0 Å². The molecule has 0 saturated heterocycles. The molecule has 4 N–H and O–H groups in total. The fourth-order valence-electron chi connectivity index (χ4n) is 1.29. The highest BCUT2D eigenvalue weighted by Crippen LogP contribution is 2.15. The van der Waals surface area contributed by atoms with Gasteiger partial charge in [-0.05, 0) is 25.2 Å². The molecule has 1 atom stereocenters. The van der Waals surface area contributed by atoms with Gasteiger partial charge in [0.05, 0.1) is 6.17 Å². The van der Waals surface area contributed by atoms with Crippen molar-refractivity contribution in [1.82, 2.24) is 9.66 Å². The third kappa shape index (κ3) is 6.38. The van der Waals surface area contributed by atoms with Crippen molar-refractivity contribution >= 4 is 21.7 Å². The number of likely N-dealkylation sites (N-methyl/N-ethyl adjacent to an activating group) is 1. The molecule has 17 heavy (non-hydrogen) atoms. The summed E-state index contributed by atoms with van der Waals surface area (Å²) in [6.45, 7) is 3.68. The van der Waals surface area contributed by atoms with Crippen LogP contribution in [-0.2, 0) is 0 Å². The minimum absolute atomic E-state index is 0.157. The Kier molecular flexibility index (Phi) is 9.66. The lowest BCUT2D eigenvalue weighted by atomic mass is 10.0. The Hall–Kier alpha value is -0.940. The van der Waals surface area contributed by atoms with E-state index in [-0.39, 0.29) is 6.17 Å². The molecule has 0 fully saturated rings. The maximum atomic E-state index is 5.91. The second-order valence-corrected chi connectivity index (χ2v) is 3.97. The minimum atomic E-state index is -0.157. The molecule has 0 bridgehead atoms. The van der Waals surface area contributed by atoms with E-state index in [2.05, 4.69) is 32.4 Å². The summed E-state index contributed by atoms with van der Waals surface area (Å²) in [7, 11) is 3.63. The first-order valence-corrected chi connectivity index (χ1v) is 6.08. The monoisotopic (exact) mass is 297 g/mol. The summed E-state index contributed by atoms with van der Waals surface area (Å²) in [5.41, 5.74) is 8.07. The van der Waals surface area contributed by atoms with Crippen LogP contribution in [0, 0.1) is 0 Å². The second kappa shape index (κ2) is 10.2. The number of halogens is 1. The van der Waals surface area contributed by atoms with E-state index >= 15 is 0 Å². The highest BCUT2D eigenvalue weighted by atomic mass is 79.9. The fraction of sp³-hybridized carbons (Fsp3) is 0.231. The first kappa shape index (κ1) is 16.1. The third-order valence-corrected chi connectivity index (χ3v) is 2.05. The Balaban J connectivity index is 0.000000770. The Bertz CT molecular complexity index is 336. The van der Waals surface area contributed by atoms with E-state index in [1.54, 1.807) is 13.1 Å². The molecule has 0 radical (unpaired) electrons. The van der Waals surface area contributed by atoms with Crippen LogP contribution in [0.25, 0.3) is 5.57 Å². The van der Waals surface area contributed by atoms with Crippen molar-refractivity contribution in [3.05, 3.63) is 54.6 Å². The molecule has 1 aromatic rings. The quantitative estimate of drug-likeness (QED) is 0.454. The molecule has 1 unspecified atom stereocenters. The summed E-state index contributed by atoms with van der Waals surface area (Å²) < 4.78 is 2.56. The third-order valence-electron chi connectivity index (χ3n) is 2.05. The standard InChI is InChI=1S/C12H16N2.CH4BrN/c1-3-7-11(12(13)14-2)10-8-5-4-6-9-10;1-3-2/h3-9,12,14H,1,13H2,2H3;3H,1H3/b11-7-;. The average molecular weight is 298 g/mol. The maximum absolute atomic E-state index is 5.91. The van der Waals surface area contributed by atoms with Gasteiger partial charge in [0, 0.05) is 16.1 Å². The van der Waals surface area contributed by atoms with Gasteiger partial charge in [-0.15, -0.1) is 0 Å². The molecule has 1 aromatic carbocycles. The number of nitrogens with one attached hydrogen (secondary N) is 2.